The van der Waals surface area contributed by atoms with Gasteiger partial charge < -0.3 is 14.8 Å². The molecule has 0 radical (unpaired) electrons. The van der Waals surface area contributed by atoms with E-state index in [9.17, 15) is 0 Å². The number of benzene rings is 1. The second-order valence-electron chi connectivity index (χ2n) is 5.13. The maximum absolute atomic E-state index is 5.76. The van der Waals surface area contributed by atoms with Gasteiger partial charge >= 0.3 is 0 Å². The third-order valence-electron chi connectivity index (χ3n) is 3.09. The van der Waals surface area contributed by atoms with Gasteiger partial charge in [-0.3, -0.25) is 0 Å². The van der Waals surface area contributed by atoms with Gasteiger partial charge in [0.25, 0.3) is 0 Å². The van der Waals surface area contributed by atoms with Crippen molar-refractivity contribution >= 4 is 15.9 Å². The van der Waals surface area contributed by atoms with E-state index in [4.69, 9.17) is 9.47 Å². The van der Waals surface area contributed by atoms with E-state index in [1.165, 1.54) is 5.56 Å². The number of rotatable bonds is 4. The lowest BCUT2D eigenvalue weighted by Gasteiger charge is -2.19. The molecule has 0 bridgehead atoms. The van der Waals surface area contributed by atoms with Crippen LogP contribution in [-0.2, 0) is 9.47 Å². The number of hydrogen-bond acceptors (Lipinski definition) is 3. The van der Waals surface area contributed by atoms with Crippen molar-refractivity contribution in [1.29, 1.82) is 0 Å². The highest BCUT2D eigenvalue weighted by Gasteiger charge is 2.32. The van der Waals surface area contributed by atoms with Crippen LogP contribution in [0, 0.1) is 0 Å². The van der Waals surface area contributed by atoms with Gasteiger partial charge in [-0.1, -0.05) is 28.1 Å². The van der Waals surface area contributed by atoms with E-state index in [-0.39, 0.29) is 6.10 Å². The molecular formula is C14H20BrNO2. The maximum Gasteiger partial charge on any atom is 0.163 e. The van der Waals surface area contributed by atoms with Crippen LogP contribution in [0.4, 0.5) is 0 Å². The lowest BCUT2D eigenvalue weighted by molar-refractivity contribution is -0.137. The van der Waals surface area contributed by atoms with Crippen LogP contribution in [0.25, 0.3) is 0 Å². The molecule has 1 saturated heterocycles. The Morgan fingerprint density at radius 2 is 2.06 bits per heavy atom. The summed E-state index contributed by atoms with van der Waals surface area (Å²) in [5, 5.41) is 3.48. The summed E-state index contributed by atoms with van der Waals surface area (Å²) in [5.74, 6) is -0.437. The largest absolute Gasteiger partial charge is 0.348 e. The first kappa shape index (κ1) is 14.0. The standard InChI is InChI=1S/C14H20BrNO2/c1-10(11-4-6-12(15)7-5-11)16-8-13-9-17-14(2,3)18-13/h4-7,10,13,16H,8-9H2,1-3H3. The zero-order chi connectivity index (χ0) is 13.2. The highest BCUT2D eigenvalue weighted by Crippen LogP contribution is 2.22. The zero-order valence-corrected chi connectivity index (χ0v) is 12.7. The predicted molar refractivity (Wildman–Crippen MR) is 75.5 cm³/mol. The van der Waals surface area contributed by atoms with E-state index in [2.05, 4.69) is 52.4 Å². The SMILES string of the molecule is CC(NCC1COC(C)(C)O1)c1ccc(Br)cc1. The van der Waals surface area contributed by atoms with Crippen LogP contribution in [-0.4, -0.2) is 25.0 Å². The molecule has 2 atom stereocenters. The summed E-state index contributed by atoms with van der Waals surface area (Å²) in [6.07, 6.45) is 0.137. The van der Waals surface area contributed by atoms with Crippen molar-refractivity contribution in [2.75, 3.05) is 13.2 Å². The minimum Gasteiger partial charge on any atom is -0.348 e. The van der Waals surface area contributed by atoms with Crippen molar-refractivity contribution in [2.45, 2.75) is 38.7 Å². The fourth-order valence-electron chi connectivity index (χ4n) is 2.04. The Hall–Kier alpha value is -0.420. The topological polar surface area (TPSA) is 30.5 Å². The molecule has 2 rings (SSSR count). The molecule has 100 valence electrons. The first-order valence-electron chi connectivity index (χ1n) is 6.27. The third kappa shape index (κ3) is 3.79. The molecule has 1 aliphatic heterocycles. The minimum atomic E-state index is -0.437. The molecule has 0 amide bonds. The lowest BCUT2D eigenvalue weighted by atomic mass is 10.1. The van der Waals surface area contributed by atoms with Crippen molar-refractivity contribution in [1.82, 2.24) is 5.32 Å². The molecule has 0 spiro atoms. The van der Waals surface area contributed by atoms with Crippen molar-refractivity contribution in [2.24, 2.45) is 0 Å². The van der Waals surface area contributed by atoms with Crippen LogP contribution in [0.5, 0.6) is 0 Å². The summed E-state index contributed by atoms with van der Waals surface area (Å²) in [5.41, 5.74) is 1.27. The molecular weight excluding hydrogens is 294 g/mol. The van der Waals surface area contributed by atoms with Crippen molar-refractivity contribution in [3.8, 4) is 0 Å². The number of hydrogen-bond donors (Lipinski definition) is 1. The highest BCUT2D eigenvalue weighted by molar-refractivity contribution is 9.10. The van der Waals surface area contributed by atoms with Crippen LogP contribution in [0.2, 0.25) is 0 Å². The van der Waals surface area contributed by atoms with E-state index in [1.807, 2.05) is 13.8 Å². The molecule has 1 heterocycles. The maximum atomic E-state index is 5.76. The van der Waals surface area contributed by atoms with Gasteiger partial charge in [0.1, 0.15) is 0 Å². The van der Waals surface area contributed by atoms with Crippen molar-refractivity contribution in [3.05, 3.63) is 34.3 Å². The van der Waals surface area contributed by atoms with Gasteiger partial charge in [0.2, 0.25) is 0 Å². The third-order valence-corrected chi connectivity index (χ3v) is 3.62. The Kier molecular flexibility index (Phi) is 4.43. The predicted octanol–water partition coefficient (Wildman–Crippen LogP) is 3.25. The van der Waals surface area contributed by atoms with Crippen LogP contribution < -0.4 is 5.32 Å². The van der Waals surface area contributed by atoms with E-state index in [0.29, 0.717) is 12.6 Å². The highest BCUT2D eigenvalue weighted by atomic mass is 79.9. The van der Waals surface area contributed by atoms with Gasteiger partial charge in [-0.2, -0.15) is 0 Å². The molecule has 0 aliphatic carbocycles. The van der Waals surface area contributed by atoms with Crippen molar-refractivity contribution < 1.29 is 9.47 Å². The van der Waals surface area contributed by atoms with Gasteiger partial charge in [-0.25, -0.2) is 0 Å². The van der Waals surface area contributed by atoms with Crippen molar-refractivity contribution in [3.63, 3.8) is 0 Å². The molecule has 1 aromatic rings. The summed E-state index contributed by atoms with van der Waals surface area (Å²) in [4.78, 5) is 0. The quantitative estimate of drug-likeness (QED) is 0.925. The molecule has 4 heteroatoms. The van der Waals surface area contributed by atoms with Gasteiger partial charge in [-0.15, -0.1) is 0 Å². The number of halogens is 1. The molecule has 0 saturated carbocycles. The average Bonchev–Trinajstić information content (AvgIpc) is 2.67. The van der Waals surface area contributed by atoms with Gasteiger partial charge in [0.05, 0.1) is 12.7 Å². The van der Waals surface area contributed by atoms with Gasteiger partial charge in [-0.05, 0) is 38.5 Å². The molecule has 18 heavy (non-hydrogen) atoms. The Morgan fingerprint density at radius 1 is 1.39 bits per heavy atom. The summed E-state index contributed by atoms with van der Waals surface area (Å²) in [6.45, 7) is 7.52. The second kappa shape index (κ2) is 5.70. The van der Waals surface area contributed by atoms with Crippen LogP contribution in [0.15, 0.2) is 28.7 Å². The molecule has 1 aromatic carbocycles. The molecule has 0 aromatic heterocycles. The molecule has 2 unspecified atom stereocenters. The number of ether oxygens (including phenoxy) is 2. The van der Waals surface area contributed by atoms with Gasteiger partial charge in [0.15, 0.2) is 5.79 Å². The number of nitrogens with one attached hydrogen (secondary N) is 1. The van der Waals surface area contributed by atoms with Gasteiger partial charge in [0, 0.05) is 17.1 Å². The molecule has 1 N–H and O–H groups in total. The first-order chi connectivity index (χ1) is 8.46. The van der Waals surface area contributed by atoms with E-state index < -0.39 is 5.79 Å². The fourth-order valence-corrected chi connectivity index (χ4v) is 2.31. The van der Waals surface area contributed by atoms with Crippen LogP contribution in [0.1, 0.15) is 32.4 Å². The van der Waals surface area contributed by atoms with Crippen LogP contribution >= 0.6 is 15.9 Å². The summed E-state index contributed by atoms with van der Waals surface area (Å²) < 4.78 is 12.4. The zero-order valence-electron chi connectivity index (χ0n) is 11.1. The minimum absolute atomic E-state index is 0.137. The van der Waals surface area contributed by atoms with Crippen LogP contribution in [0.3, 0.4) is 0 Å². The fraction of sp³-hybridized carbons (Fsp3) is 0.571. The Labute approximate surface area is 117 Å². The lowest BCUT2D eigenvalue weighted by Crippen LogP contribution is -2.32. The normalized spacial score (nSPS) is 24.1. The van der Waals surface area contributed by atoms with E-state index >= 15 is 0 Å². The van der Waals surface area contributed by atoms with E-state index in [0.717, 1.165) is 11.0 Å². The Balaban J connectivity index is 1.82. The monoisotopic (exact) mass is 313 g/mol. The Bertz CT molecular complexity index is 391. The second-order valence-corrected chi connectivity index (χ2v) is 6.05. The molecule has 1 aliphatic rings. The average molecular weight is 314 g/mol. The summed E-state index contributed by atoms with van der Waals surface area (Å²) >= 11 is 3.44. The van der Waals surface area contributed by atoms with E-state index in [1.54, 1.807) is 0 Å². The first-order valence-corrected chi connectivity index (χ1v) is 7.06. The smallest absolute Gasteiger partial charge is 0.163 e. The molecule has 1 fully saturated rings. The summed E-state index contributed by atoms with van der Waals surface area (Å²) in [7, 11) is 0. The summed E-state index contributed by atoms with van der Waals surface area (Å²) in [6, 6.07) is 8.68. The molecule has 3 nitrogen and oxygen atoms in total. The Morgan fingerprint density at radius 3 is 2.61 bits per heavy atom.